The van der Waals surface area contributed by atoms with Crippen LogP contribution in [0.4, 0.5) is 16.2 Å². The topological polar surface area (TPSA) is 84.7 Å². The molecule has 2 fully saturated rings. The van der Waals surface area contributed by atoms with E-state index in [-0.39, 0.29) is 23.2 Å². The average Bonchev–Trinajstić information content (AvgIpc) is 2.52. The minimum absolute atomic E-state index is 0.00674. The smallest absolute Gasteiger partial charge is 0.407 e. The van der Waals surface area contributed by atoms with Crippen LogP contribution in [-0.2, 0) is 4.74 Å². The van der Waals surface area contributed by atoms with Crippen molar-refractivity contribution in [3.8, 4) is 0 Å². The molecule has 0 unspecified atom stereocenters. The first-order valence-corrected chi connectivity index (χ1v) is 9.63. The number of carbonyl (C=O) groups excluding carboxylic acids is 1. The standard InChI is InChI=1S/C19H26ClN3O4/c1-18(2,3)27-17(24)21-13-11-19(12-13)6-8-22(9-7-19)16-5-4-14(23(25)26)10-15(16)20/h4-5,10,13H,6-9,11-12H2,1-3H3,(H,21,24). The zero-order chi connectivity index (χ0) is 19.8. The summed E-state index contributed by atoms with van der Waals surface area (Å²) in [6.07, 6.45) is 3.62. The third-order valence-electron chi connectivity index (χ3n) is 5.39. The molecule has 0 radical (unpaired) electrons. The van der Waals surface area contributed by atoms with Crippen molar-refractivity contribution in [1.29, 1.82) is 0 Å². The highest BCUT2D eigenvalue weighted by Gasteiger charge is 2.46. The summed E-state index contributed by atoms with van der Waals surface area (Å²) in [6, 6.07) is 4.81. The Kier molecular flexibility index (Phi) is 5.25. The number of hydrogen-bond acceptors (Lipinski definition) is 5. The van der Waals surface area contributed by atoms with Crippen molar-refractivity contribution >= 4 is 29.1 Å². The zero-order valence-electron chi connectivity index (χ0n) is 16.0. The van der Waals surface area contributed by atoms with Gasteiger partial charge in [0.2, 0.25) is 0 Å². The molecule has 148 valence electrons. The maximum atomic E-state index is 11.9. The third kappa shape index (κ3) is 4.64. The van der Waals surface area contributed by atoms with Crippen LogP contribution in [0.1, 0.15) is 46.5 Å². The lowest BCUT2D eigenvalue weighted by Gasteiger charge is -2.52. The number of rotatable bonds is 3. The molecular formula is C19H26ClN3O4. The number of ether oxygens (including phenoxy) is 1. The van der Waals surface area contributed by atoms with Gasteiger partial charge in [0.25, 0.3) is 5.69 Å². The Morgan fingerprint density at radius 1 is 1.33 bits per heavy atom. The summed E-state index contributed by atoms with van der Waals surface area (Å²) < 4.78 is 5.31. The second-order valence-electron chi connectivity index (χ2n) is 8.63. The Labute approximate surface area is 164 Å². The number of halogens is 1. The van der Waals surface area contributed by atoms with Crippen LogP contribution >= 0.6 is 11.6 Å². The Morgan fingerprint density at radius 3 is 2.48 bits per heavy atom. The molecule has 1 aromatic carbocycles. The lowest BCUT2D eigenvalue weighted by atomic mass is 9.60. The van der Waals surface area contributed by atoms with Crippen LogP contribution in [0, 0.1) is 15.5 Å². The Balaban J connectivity index is 1.50. The van der Waals surface area contributed by atoms with Crippen molar-refractivity contribution < 1.29 is 14.5 Å². The van der Waals surface area contributed by atoms with Crippen molar-refractivity contribution in [1.82, 2.24) is 5.32 Å². The van der Waals surface area contributed by atoms with Gasteiger partial charge in [-0.2, -0.15) is 0 Å². The number of piperidine rings is 1. The maximum absolute atomic E-state index is 11.9. The molecule has 1 saturated heterocycles. The van der Waals surface area contributed by atoms with Crippen molar-refractivity contribution in [2.45, 2.75) is 58.1 Å². The summed E-state index contributed by atoms with van der Waals surface area (Å²) in [5.41, 5.74) is 0.636. The number of alkyl carbamates (subject to hydrolysis) is 1. The van der Waals surface area contributed by atoms with Gasteiger partial charge in [-0.25, -0.2) is 4.79 Å². The molecule has 1 amide bonds. The van der Waals surface area contributed by atoms with Crippen LogP contribution in [0.2, 0.25) is 5.02 Å². The number of amides is 1. The SMILES string of the molecule is CC(C)(C)OC(=O)NC1CC2(CCN(c3ccc([N+](=O)[O-])cc3Cl)CC2)C1. The number of carbonyl (C=O) groups is 1. The molecule has 7 nitrogen and oxygen atoms in total. The van der Waals surface area contributed by atoms with E-state index in [4.69, 9.17) is 16.3 Å². The van der Waals surface area contributed by atoms with E-state index in [1.807, 2.05) is 20.8 Å². The van der Waals surface area contributed by atoms with Gasteiger partial charge in [0.1, 0.15) is 5.60 Å². The molecule has 1 aromatic rings. The number of hydrogen-bond donors (Lipinski definition) is 1. The van der Waals surface area contributed by atoms with E-state index in [9.17, 15) is 14.9 Å². The van der Waals surface area contributed by atoms with Crippen molar-refractivity contribution in [2.24, 2.45) is 5.41 Å². The van der Waals surface area contributed by atoms with Gasteiger partial charge < -0.3 is 15.0 Å². The van der Waals surface area contributed by atoms with E-state index in [0.29, 0.717) is 5.02 Å². The van der Waals surface area contributed by atoms with Gasteiger partial charge in [0, 0.05) is 31.3 Å². The lowest BCUT2D eigenvalue weighted by molar-refractivity contribution is -0.384. The Bertz CT molecular complexity index is 731. The number of nitrogens with one attached hydrogen (secondary N) is 1. The van der Waals surface area contributed by atoms with Crippen molar-refractivity contribution in [3.05, 3.63) is 33.3 Å². The molecule has 1 spiro atoms. The number of nitrogens with zero attached hydrogens (tertiary/aromatic N) is 2. The molecule has 1 saturated carbocycles. The molecule has 8 heteroatoms. The van der Waals surface area contributed by atoms with Gasteiger partial charge in [0.15, 0.2) is 0 Å². The molecule has 0 atom stereocenters. The molecule has 1 aliphatic heterocycles. The van der Waals surface area contributed by atoms with Gasteiger partial charge in [-0.05, 0) is 57.9 Å². The normalized spacial score (nSPS) is 19.5. The van der Waals surface area contributed by atoms with Gasteiger partial charge in [-0.15, -0.1) is 0 Å². The highest BCUT2D eigenvalue weighted by molar-refractivity contribution is 6.33. The number of anilines is 1. The fourth-order valence-electron chi connectivity index (χ4n) is 4.06. The van der Waals surface area contributed by atoms with E-state index >= 15 is 0 Å². The second kappa shape index (κ2) is 7.19. The minimum atomic E-state index is -0.485. The maximum Gasteiger partial charge on any atom is 0.407 e. The molecule has 0 aromatic heterocycles. The van der Waals surface area contributed by atoms with Crippen LogP contribution in [0.5, 0.6) is 0 Å². The van der Waals surface area contributed by atoms with Gasteiger partial charge >= 0.3 is 6.09 Å². The Hall–Kier alpha value is -2.02. The number of non-ortho nitro benzene ring substituents is 1. The first-order chi connectivity index (χ1) is 12.6. The van der Waals surface area contributed by atoms with Crippen LogP contribution in [0.3, 0.4) is 0 Å². The van der Waals surface area contributed by atoms with Gasteiger partial charge in [0.05, 0.1) is 15.6 Å². The molecule has 1 heterocycles. The lowest BCUT2D eigenvalue weighted by Crippen LogP contribution is -2.55. The average molecular weight is 396 g/mol. The first kappa shape index (κ1) is 19.7. The van der Waals surface area contributed by atoms with Crippen LogP contribution in [-0.4, -0.2) is 35.7 Å². The molecule has 27 heavy (non-hydrogen) atoms. The summed E-state index contributed by atoms with van der Waals surface area (Å²) in [5.74, 6) is 0. The van der Waals surface area contributed by atoms with Crippen molar-refractivity contribution in [3.63, 3.8) is 0 Å². The van der Waals surface area contributed by atoms with Gasteiger partial charge in [-0.3, -0.25) is 10.1 Å². The molecular weight excluding hydrogens is 370 g/mol. The summed E-state index contributed by atoms with van der Waals surface area (Å²) in [6.45, 7) is 7.28. The summed E-state index contributed by atoms with van der Waals surface area (Å²) >= 11 is 6.25. The van der Waals surface area contributed by atoms with Crippen molar-refractivity contribution in [2.75, 3.05) is 18.0 Å². The van der Waals surface area contributed by atoms with E-state index in [2.05, 4.69) is 10.2 Å². The fourth-order valence-corrected chi connectivity index (χ4v) is 4.35. The minimum Gasteiger partial charge on any atom is -0.444 e. The van der Waals surface area contributed by atoms with E-state index in [1.54, 1.807) is 6.07 Å². The second-order valence-corrected chi connectivity index (χ2v) is 9.04. The predicted molar refractivity (Wildman–Crippen MR) is 104 cm³/mol. The zero-order valence-corrected chi connectivity index (χ0v) is 16.7. The molecule has 0 bridgehead atoms. The molecule has 1 N–H and O–H groups in total. The third-order valence-corrected chi connectivity index (χ3v) is 5.69. The molecule has 2 aliphatic rings. The predicted octanol–water partition coefficient (Wildman–Crippen LogP) is 4.52. The summed E-state index contributed by atoms with van der Waals surface area (Å²) in [4.78, 5) is 24.5. The monoisotopic (exact) mass is 395 g/mol. The highest BCUT2D eigenvalue weighted by atomic mass is 35.5. The number of nitro benzene ring substituents is 1. The van der Waals surface area contributed by atoms with Crippen LogP contribution < -0.4 is 10.2 Å². The number of nitro groups is 1. The van der Waals surface area contributed by atoms with Gasteiger partial charge in [-0.1, -0.05) is 11.6 Å². The quantitative estimate of drug-likeness (QED) is 0.600. The molecule has 3 rings (SSSR count). The largest absolute Gasteiger partial charge is 0.444 e. The molecule has 1 aliphatic carbocycles. The highest BCUT2D eigenvalue weighted by Crippen LogP contribution is 2.50. The fraction of sp³-hybridized carbons (Fsp3) is 0.632. The first-order valence-electron chi connectivity index (χ1n) is 9.25. The summed E-state index contributed by atoms with van der Waals surface area (Å²) in [5, 5.41) is 14.2. The van der Waals surface area contributed by atoms with E-state index < -0.39 is 10.5 Å². The van der Waals surface area contributed by atoms with Crippen LogP contribution in [0.25, 0.3) is 0 Å². The van der Waals surface area contributed by atoms with E-state index in [1.165, 1.54) is 12.1 Å². The van der Waals surface area contributed by atoms with E-state index in [0.717, 1.165) is 44.5 Å². The Morgan fingerprint density at radius 2 is 1.96 bits per heavy atom. The number of benzene rings is 1. The van der Waals surface area contributed by atoms with Crippen LogP contribution in [0.15, 0.2) is 18.2 Å². The summed E-state index contributed by atoms with van der Waals surface area (Å²) in [7, 11) is 0.